The molecule has 1 amide bonds. The second-order valence-corrected chi connectivity index (χ2v) is 7.04. The molecule has 134 valence electrons. The van der Waals surface area contributed by atoms with E-state index in [1.54, 1.807) is 17.1 Å². The van der Waals surface area contributed by atoms with E-state index in [4.69, 9.17) is 0 Å². The maximum atomic E-state index is 12.6. The van der Waals surface area contributed by atoms with Gasteiger partial charge in [-0.05, 0) is 25.3 Å². The van der Waals surface area contributed by atoms with E-state index in [2.05, 4.69) is 46.5 Å². The summed E-state index contributed by atoms with van der Waals surface area (Å²) >= 11 is 0. The molecule has 1 N–H and O–H groups in total. The first-order valence-electron chi connectivity index (χ1n) is 9.00. The number of hydrogen-bond donors (Lipinski definition) is 1. The fourth-order valence-corrected chi connectivity index (χ4v) is 3.74. The molecule has 6 heteroatoms. The van der Waals surface area contributed by atoms with Gasteiger partial charge in [-0.25, -0.2) is 0 Å². The van der Waals surface area contributed by atoms with Gasteiger partial charge in [-0.15, -0.1) is 0 Å². The second-order valence-electron chi connectivity index (χ2n) is 7.04. The van der Waals surface area contributed by atoms with Gasteiger partial charge in [0.25, 0.3) is 5.91 Å². The lowest BCUT2D eigenvalue weighted by Gasteiger charge is -2.31. The van der Waals surface area contributed by atoms with E-state index < -0.39 is 0 Å². The molecule has 1 aliphatic heterocycles. The zero-order chi connectivity index (χ0) is 18.1. The number of amides is 1. The highest BCUT2D eigenvalue weighted by atomic mass is 16.2. The highest BCUT2D eigenvalue weighted by Gasteiger charge is 2.27. The molecule has 1 saturated heterocycles. The summed E-state index contributed by atoms with van der Waals surface area (Å²) in [5.74, 6) is 0.464. The quantitative estimate of drug-likeness (QED) is 0.790. The fourth-order valence-electron chi connectivity index (χ4n) is 3.74. The Morgan fingerprint density at radius 1 is 1.23 bits per heavy atom. The Hall–Kier alpha value is -2.89. The van der Waals surface area contributed by atoms with Crippen molar-refractivity contribution in [3.05, 3.63) is 59.7 Å². The van der Waals surface area contributed by atoms with Gasteiger partial charge in [-0.2, -0.15) is 10.2 Å². The number of aromatic nitrogens is 4. The van der Waals surface area contributed by atoms with Crippen LogP contribution >= 0.6 is 0 Å². The van der Waals surface area contributed by atoms with Crippen molar-refractivity contribution >= 4 is 5.91 Å². The van der Waals surface area contributed by atoms with Crippen molar-refractivity contribution in [1.29, 1.82) is 0 Å². The standard InChI is InChI=1S/C20H23N5O/c1-14-4-3-5-16(10-14)18-12-21-23-19(18)15-6-8-25(9-7-15)20(26)17-11-22-24(2)13-17/h3-5,10-13,15H,6-9H2,1-2H3,(H,21,23). The molecule has 1 aliphatic rings. The minimum Gasteiger partial charge on any atom is -0.339 e. The molecule has 0 unspecified atom stereocenters. The average Bonchev–Trinajstić information content (AvgIpc) is 3.30. The summed E-state index contributed by atoms with van der Waals surface area (Å²) in [6.07, 6.45) is 7.20. The lowest BCUT2D eigenvalue weighted by Crippen LogP contribution is -2.37. The van der Waals surface area contributed by atoms with Gasteiger partial charge >= 0.3 is 0 Å². The predicted octanol–water partition coefficient (Wildman–Crippen LogP) is 3.14. The number of benzene rings is 1. The molecule has 0 aliphatic carbocycles. The Morgan fingerprint density at radius 3 is 2.73 bits per heavy atom. The number of piperidine rings is 1. The number of carbonyl (C=O) groups is 1. The van der Waals surface area contributed by atoms with E-state index in [1.807, 2.05) is 18.1 Å². The molecule has 0 saturated carbocycles. The van der Waals surface area contributed by atoms with E-state index in [-0.39, 0.29) is 5.91 Å². The lowest BCUT2D eigenvalue weighted by atomic mass is 9.89. The first-order valence-corrected chi connectivity index (χ1v) is 9.00. The second kappa shape index (κ2) is 6.78. The normalized spacial score (nSPS) is 15.4. The van der Waals surface area contributed by atoms with Crippen molar-refractivity contribution < 1.29 is 4.79 Å². The number of hydrogen-bond acceptors (Lipinski definition) is 3. The van der Waals surface area contributed by atoms with Crippen LogP contribution in [0.1, 0.15) is 40.4 Å². The lowest BCUT2D eigenvalue weighted by molar-refractivity contribution is 0.0712. The smallest absolute Gasteiger partial charge is 0.257 e. The van der Waals surface area contributed by atoms with E-state index in [0.717, 1.165) is 25.9 Å². The molecule has 0 atom stereocenters. The van der Waals surface area contributed by atoms with Gasteiger partial charge in [0.1, 0.15) is 0 Å². The number of aromatic amines is 1. The molecule has 0 spiro atoms. The fraction of sp³-hybridized carbons (Fsp3) is 0.350. The summed E-state index contributed by atoms with van der Waals surface area (Å²) in [6.45, 7) is 3.61. The van der Waals surface area contributed by atoms with Crippen LogP contribution in [0.5, 0.6) is 0 Å². The SMILES string of the molecule is Cc1cccc(-c2cn[nH]c2C2CCN(C(=O)c3cnn(C)c3)CC2)c1. The number of nitrogens with zero attached hydrogens (tertiary/aromatic N) is 4. The maximum Gasteiger partial charge on any atom is 0.257 e. The number of likely N-dealkylation sites (tertiary alicyclic amines) is 1. The summed E-state index contributed by atoms with van der Waals surface area (Å²) < 4.78 is 1.67. The number of aryl methyl sites for hydroxylation is 2. The van der Waals surface area contributed by atoms with Crippen LogP contribution in [0.15, 0.2) is 42.9 Å². The van der Waals surface area contributed by atoms with Gasteiger partial charge in [0.2, 0.25) is 0 Å². The molecular weight excluding hydrogens is 326 g/mol. The van der Waals surface area contributed by atoms with E-state index >= 15 is 0 Å². The molecule has 6 nitrogen and oxygen atoms in total. The van der Waals surface area contributed by atoms with Gasteiger partial charge in [-0.3, -0.25) is 14.6 Å². The zero-order valence-corrected chi connectivity index (χ0v) is 15.1. The largest absolute Gasteiger partial charge is 0.339 e. The Labute approximate surface area is 152 Å². The van der Waals surface area contributed by atoms with Gasteiger partial charge in [0.05, 0.1) is 18.0 Å². The molecule has 3 aromatic rings. The van der Waals surface area contributed by atoms with Crippen molar-refractivity contribution in [2.75, 3.05) is 13.1 Å². The van der Waals surface area contributed by atoms with Crippen molar-refractivity contribution in [3.63, 3.8) is 0 Å². The van der Waals surface area contributed by atoms with Gasteiger partial charge < -0.3 is 4.90 Å². The van der Waals surface area contributed by atoms with Crippen LogP contribution in [0.2, 0.25) is 0 Å². The van der Waals surface area contributed by atoms with Crippen LogP contribution in [0.3, 0.4) is 0 Å². The van der Waals surface area contributed by atoms with Gasteiger partial charge in [-0.1, -0.05) is 29.8 Å². The Kier molecular flexibility index (Phi) is 4.32. The van der Waals surface area contributed by atoms with Gasteiger partial charge in [0.15, 0.2) is 0 Å². The van der Waals surface area contributed by atoms with Crippen LogP contribution in [0.25, 0.3) is 11.1 Å². The first kappa shape index (κ1) is 16.6. The third-order valence-corrected chi connectivity index (χ3v) is 5.14. The van der Waals surface area contributed by atoms with Crippen LogP contribution in [-0.4, -0.2) is 43.9 Å². The third kappa shape index (κ3) is 3.14. The van der Waals surface area contributed by atoms with Crippen LogP contribution in [0.4, 0.5) is 0 Å². The number of carbonyl (C=O) groups excluding carboxylic acids is 1. The summed E-state index contributed by atoms with van der Waals surface area (Å²) in [5, 5.41) is 11.6. The van der Waals surface area contributed by atoms with Crippen LogP contribution in [0, 0.1) is 6.92 Å². The summed E-state index contributed by atoms with van der Waals surface area (Å²) in [7, 11) is 1.83. The van der Waals surface area contributed by atoms with Crippen LogP contribution in [-0.2, 0) is 7.05 Å². The molecule has 0 radical (unpaired) electrons. The molecule has 3 heterocycles. The van der Waals surface area contributed by atoms with Crippen molar-refractivity contribution in [1.82, 2.24) is 24.9 Å². The van der Waals surface area contributed by atoms with Crippen LogP contribution < -0.4 is 0 Å². The first-order chi connectivity index (χ1) is 12.6. The molecule has 4 rings (SSSR count). The van der Waals surface area contributed by atoms with Crippen molar-refractivity contribution in [2.24, 2.45) is 7.05 Å². The van der Waals surface area contributed by atoms with E-state index in [0.29, 0.717) is 11.5 Å². The Bertz CT molecular complexity index is 918. The topological polar surface area (TPSA) is 66.8 Å². The minimum atomic E-state index is 0.0695. The number of H-pyrrole nitrogens is 1. The average molecular weight is 349 g/mol. The minimum absolute atomic E-state index is 0.0695. The number of nitrogens with one attached hydrogen (secondary N) is 1. The summed E-state index contributed by atoms with van der Waals surface area (Å²) in [4.78, 5) is 14.5. The highest BCUT2D eigenvalue weighted by molar-refractivity contribution is 5.93. The van der Waals surface area contributed by atoms with Crippen molar-refractivity contribution in [3.8, 4) is 11.1 Å². The predicted molar refractivity (Wildman–Crippen MR) is 99.8 cm³/mol. The maximum absolute atomic E-state index is 12.6. The Balaban J connectivity index is 1.47. The summed E-state index contributed by atoms with van der Waals surface area (Å²) in [5.41, 5.74) is 5.46. The third-order valence-electron chi connectivity index (χ3n) is 5.14. The summed E-state index contributed by atoms with van der Waals surface area (Å²) in [6, 6.07) is 8.50. The molecule has 2 aromatic heterocycles. The molecular formula is C20H23N5O. The van der Waals surface area contributed by atoms with E-state index in [9.17, 15) is 4.79 Å². The Morgan fingerprint density at radius 2 is 2.04 bits per heavy atom. The monoisotopic (exact) mass is 349 g/mol. The number of rotatable bonds is 3. The van der Waals surface area contributed by atoms with Crippen molar-refractivity contribution in [2.45, 2.75) is 25.7 Å². The molecule has 1 aromatic carbocycles. The molecule has 0 bridgehead atoms. The van der Waals surface area contributed by atoms with Gasteiger partial charge in [0, 0.05) is 43.5 Å². The highest BCUT2D eigenvalue weighted by Crippen LogP contribution is 2.34. The molecule has 1 fully saturated rings. The molecule has 26 heavy (non-hydrogen) atoms. The zero-order valence-electron chi connectivity index (χ0n) is 15.1. The van der Waals surface area contributed by atoms with E-state index in [1.165, 1.54) is 22.4 Å².